The topological polar surface area (TPSA) is 103 Å². The maximum absolute atomic E-state index is 6.14. The van der Waals surface area contributed by atoms with Crippen molar-refractivity contribution in [3.05, 3.63) is 54.5 Å². The van der Waals surface area contributed by atoms with Crippen LogP contribution in [0.2, 0.25) is 0 Å². The van der Waals surface area contributed by atoms with E-state index in [4.69, 9.17) is 24.2 Å². The van der Waals surface area contributed by atoms with Crippen molar-refractivity contribution in [1.82, 2.24) is 34.5 Å². The summed E-state index contributed by atoms with van der Waals surface area (Å²) < 4.78 is 19.8. The molecule has 2 aliphatic rings. The van der Waals surface area contributed by atoms with Gasteiger partial charge in [-0.2, -0.15) is 5.10 Å². The van der Waals surface area contributed by atoms with E-state index in [0.29, 0.717) is 36.4 Å². The van der Waals surface area contributed by atoms with Gasteiger partial charge in [-0.1, -0.05) is 12.1 Å². The summed E-state index contributed by atoms with van der Waals surface area (Å²) in [6.07, 6.45) is 5.93. The highest BCUT2D eigenvalue weighted by atomic mass is 16.5. The van der Waals surface area contributed by atoms with Crippen molar-refractivity contribution in [3.8, 4) is 39.9 Å². The quantitative estimate of drug-likeness (QED) is 0.397. The number of benzene rings is 1. The van der Waals surface area contributed by atoms with Crippen LogP contribution in [0, 0.1) is 0 Å². The van der Waals surface area contributed by atoms with Crippen LogP contribution >= 0.6 is 0 Å². The molecule has 214 valence electrons. The Morgan fingerprint density at radius 2 is 1.88 bits per heavy atom. The van der Waals surface area contributed by atoms with Crippen molar-refractivity contribution in [1.29, 1.82) is 0 Å². The Morgan fingerprint density at radius 1 is 1.02 bits per heavy atom. The first-order valence-corrected chi connectivity index (χ1v) is 14.0. The number of ether oxygens (including phenoxy) is 3. The summed E-state index contributed by atoms with van der Waals surface area (Å²) in [4.78, 5) is 19.1. The van der Waals surface area contributed by atoms with E-state index in [1.54, 1.807) is 24.2 Å². The minimum absolute atomic E-state index is 0.0497. The molecule has 0 spiro atoms. The highest BCUT2D eigenvalue weighted by molar-refractivity contribution is 5.80. The lowest BCUT2D eigenvalue weighted by molar-refractivity contribution is 0.147. The number of nitrogens with one attached hydrogen (secondary N) is 1. The lowest BCUT2D eigenvalue weighted by Crippen LogP contribution is -2.43. The fraction of sp³-hybridized carbons (Fsp3) is 0.400. The summed E-state index contributed by atoms with van der Waals surface area (Å²) in [5, 5.41) is 7.82. The van der Waals surface area contributed by atoms with Crippen molar-refractivity contribution >= 4 is 11.6 Å². The number of aryl methyl sites for hydroxylation is 1. The zero-order valence-corrected chi connectivity index (χ0v) is 24.0. The number of methoxy groups -OCH3 is 1. The highest BCUT2D eigenvalue weighted by Gasteiger charge is 2.21. The summed E-state index contributed by atoms with van der Waals surface area (Å²) in [6, 6.07) is 10.0. The molecule has 6 rings (SSSR count). The number of hydrogen-bond acceptors (Lipinski definition) is 10. The third-order valence-electron chi connectivity index (χ3n) is 7.58. The van der Waals surface area contributed by atoms with Gasteiger partial charge >= 0.3 is 0 Å². The van der Waals surface area contributed by atoms with Crippen LogP contribution in [0.25, 0.3) is 22.5 Å². The number of pyridine rings is 1. The van der Waals surface area contributed by atoms with E-state index in [9.17, 15) is 0 Å². The molecule has 1 saturated heterocycles. The average Bonchev–Trinajstić information content (AvgIpc) is 3.34. The maximum atomic E-state index is 6.14. The molecule has 4 bridgehead atoms. The third kappa shape index (κ3) is 5.96. The van der Waals surface area contributed by atoms with Crippen molar-refractivity contribution in [2.75, 3.05) is 52.3 Å². The van der Waals surface area contributed by atoms with Crippen molar-refractivity contribution < 1.29 is 14.2 Å². The van der Waals surface area contributed by atoms with E-state index in [1.807, 2.05) is 32.3 Å². The zero-order chi connectivity index (χ0) is 28.3. The van der Waals surface area contributed by atoms with Gasteiger partial charge in [0.1, 0.15) is 28.7 Å². The number of nitrogens with zero attached hydrogens (tertiary/aromatic N) is 7. The minimum Gasteiger partial charge on any atom is -0.496 e. The second kappa shape index (κ2) is 11.7. The van der Waals surface area contributed by atoms with E-state index < -0.39 is 0 Å². The Morgan fingerprint density at radius 3 is 2.71 bits per heavy atom. The molecule has 1 fully saturated rings. The number of fused-ring (bicyclic) bond motifs is 6. The molecule has 5 heterocycles. The van der Waals surface area contributed by atoms with Gasteiger partial charge in [0.2, 0.25) is 5.88 Å². The molecule has 4 aromatic rings. The van der Waals surface area contributed by atoms with Gasteiger partial charge in [0, 0.05) is 75.8 Å². The molecule has 3 aromatic heterocycles. The third-order valence-corrected chi connectivity index (χ3v) is 7.58. The van der Waals surface area contributed by atoms with Gasteiger partial charge in [-0.25, -0.2) is 19.6 Å². The van der Waals surface area contributed by atoms with Gasteiger partial charge in [-0.3, -0.25) is 4.90 Å². The standard InChI is InChI=1S/C30H36N8O3/c1-20-8-14-40-30-25(18-33-37(30)3)28-32-17-24(29(35-28)34-27-16-23(41-20)7-9-31-27)21-5-6-22(26(15-21)39-4)19-38-12-10-36(2)11-13-38/h5-7,9,15-18,20H,8,10-14,19H2,1-4H3,(H,31,32,34,35)/t20-/m0/s1. The number of likely N-dealkylation sites (N-methyl/N-ethyl adjacent to an activating group) is 1. The first-order chi connectivity index (χ1) is 20.0. The van der Waals surface area contributed by atoms with E-state index in [2.05, 4.69) is 50.4 Å². The summed E-state index contributed by atoms with van der Waals surface area (Å²) in [6.45, 7) is 7.56. The van der Waals surface area contributed by atoms with Gasteiger partial charge in [-0.15, -0.1) is 0 Å². The molecule has 0 radical (unpaired) electrons. The zero-order valence-electron chi connectivity index (χ0n) is 24.0. The molecule has 0 unspecified atom stereocenters. The molecule has 41 heavy (non-hydrogen) atoms. The first kappa shape index (κ1) is 27.0. The number of rotatable bonds is 4. The lowest BCUT2D eigenvalue weighted by atomic mass is 10.0. The molecule has 11 nitrogen and oxygen atoms in total. The molecule has 0 saturated carbocycles. The Hall–Kier alpha value is -4.22. The second-order valence-corrected chi connectivity index (χ2v) is 10.6. The molecule has 1 aromatic carbocycles. The Bertz CT molecular complexity index is 1520. The summed E-state index contributed by atoms with van der Waals surface area (Å²) in [5.41, 5.74) is 3.62. The van der Waals surface area contributed by atoms with Crippen molar-refractivity contribution in [2.24, 2.45) is 7.05 Å². The Kier molecular flexibility index (Phi) is 7.71. The number of aromatic nitrogens is 5. The van der Waals surface area contributed by atoms with E-state index in [0.717, 1.165) is 66.5 Å². The molecule has 0 aliphatic carbocycles. The van der Waals surface area contributed by atoms with E-state index in [-0.39, 0.29) is 6.10 Å². The van der Waals surface area contributed by atoms with Crippen LogP contribution in [-0.2, 0) is 13.6 Å². The van der Waals surface area contributed by atoms with Crippen LogP contribution in [-0.4, -0.2) is 87.6 Å². The second-order valence-electron chi connectivity index (χ2n) is 10.6. The monoisotopic (exact) mass is 556 g/mol. The number of anilines is 2. The summed E-state index contributed by atoms with van der Waals surface area (Å²) >= 11 is 0. The van der Waals surface area contributed by atoms with Gasteiger partial charge in [0.25, 0.3) is 0 Å². The first-order valence-electron chi connectivity index (χ1n) is 14.0. The molecule has 2 aliphatic heterocycles. The smallest absolute Gasteiger partial charge is 0.222 e. The highest BCUT2D eigenvalue weighted by Crippen LogP contribution is 2.36. The molecular weight excluding hydrogens is 520 g/mol. The minimum atomic E-state index is -0.0497. The molecule has 0 amide bonds. The Balaban J connectivity index is 1.39. The molecule has 11 heteroatoms. The van der Waals surface area contributed by atoms with Crippen LogP contribution in [0.4, 0.5) is 11.6 Å². The maximum Gasteiger partial charge on any atom is 0.222 e. The van der Waals surface area contributed by atoms with E-state index >= 15 is 0 Å². The lowest BCUT2D eigenvalue weighted by Gasteiger charge is -2.32. The molecule has 1 N–H and O–H groups in total. The van der Waals surface area contributed by atoms with Gasteiger partial charge in [0.05, 0.1) is 26.0 Å². The Labute approximate surface area is 240 Å². The van der Waals surface area contributed by atoms with Crippen LogP contribution in [0.3, 0.4) is 0 Å². The van der Waals surface area contributed by atoms with Crippen LogP contribution < -0.4 is 19.5 Å². The predicted molar refractivity (Wildman–Crippen MR) is 157 cm³/mol. The van der Waals surface area contributed by atoms with E-state index in [1.165, 1.54) is 0 Å². The molecular formula is C30H36N8O3. The fourth-order valence-electron chi connectivity index (χ4n) is 5.15. The normalized spacial score (nSPS) is 17.9. The van der Waals surface area contributed by atoms with Gasteiger partial charge in [0.15, 0.2) is 5.82 Å². The average molecular weight is 557 g/mol. The van der Waals surface area contributed by atoms with Crippen molar-refractivity contribution in [2.45, 2.75) is 26.0 Å². The summed E-state index contributed by atoms with van der Waals surface area (Å²) in [7, 11) is 5.73. The van der Waals surface area contributed by atoms with Gasteiger partial charge < -0.3 is 24.4 Å². The van der Waals surface area contributed by atoms with Crippen LogP contribution in [0.15, 0.2) is 48.9 Å². The number of piperazine rings is 1. The molecule has 1 atom stereocenters. The fourth-order valence-corrected chi connectivity index (χ4v) is 5.15. The summed E-state index contributed by atoms with van der Waals surface area (Å²) in [5.74, 6) is 3.91. The van der Waals surface area contributed by atoms with Gasteiger partial charge in [-0.05, 0) is 31.7 Å². The van der Waals surface area contributed by atoms with Crippen molar-refractivity contribution in [3.63, 3.8) is 0 Å². The van der Waals surface area contributed by atoms with Crippen LogP contribution in [0.5, 0.6) is 17.4 Å². The number of hydrogen-bond donors (Lipinski definition) is 1. The SMILES string of the molecule is COc1cc(-c2cnc3nc2Nc2cc(ccn2)O[C@@H](C)CCOc2c-3cnn2C)ccc1CN1CCN(C)CC1. The largest absolute Gasteiger partial charge is 0.496 e. The van der Waals surface area contributed by atoms with Crippen LogP contribution in [0.1, 0.15) is 18.9 Å². The predicted octanol–water partition coefficient (Wildman–Crippen LogP) is 3.99.